The summed E-state index contributed by atoms with van der Waals surface area (Å²) in [5, 5.41) is 6.89. The van der Waals surface area contributed by atoms with Gasteiger partial charge in [-0.1, -0.05) is 12.1 Å². The summed E-state index contributed by atoms with van der Waals surface area (Å²) in [5.74, 6) is 1.81. The third-order valence-electron chi connectivity index (χ3n) is 4.23. The Hall–Kier alpha value is -1.35. The smallest absolute Gasteiger partial charge is 0.191 e. The molecule has 0 aliphatic carbocycles. The maximum atomic E-state index is 4.62. The first-order valence-electron chi connectivity index (χ1n) is 8.56. The van der Waals surface area contributed by atoms with Gasteiger partial charge >= 0.3 is 0 Å². The summed E-state index contributed by atoms with van der Waals surface area (Å²) in [7, 11) is 5.81. The van der Waals surface area contributed by atoms with Crippen LogP contribution in [0.5, 0.6) is 0 Å². The number of likely N-dealkylation sites (tertiary alicyclic amines) is 1. The van der Waals surface area contributed by atoms with Crippen molar-refractivity contribution in [2.75, 3.05) is 45.7 Å². The van der Waals surface area contributed by atoms with Crippen LogP contribution in [0.2, 0.25) is 0 Å². The fraction of sp³-hybridized carbons (Fsp3) is 0.556. The fourth-order valence-corrected chi connectivity index (χ4v) is 2.82. The van der Waals surface area contributed by atoms with Gasteiger partial charge in [-0.05, 0) is 25.0 Å². The number of halogens is 1. The fourth-order valence-electron chi connectivity index (χ4n) is 2.82. The third kappa shape index (κ3) is 7.19. The molecule has 0 saturated carbocycles. The minimum Gasteiger partial charge on any atom is -0.363 e. The number of aliphatic imine (C=N–C) groups is 1. The van der Waals surface area contributed by atoms with Gasteiger partial charge < -0.3 is 15.5 Å². The summed E-state index contributed by atoms with van der Waals surface area (Å²) in [6.45, 7) is 7.66. The second-order valence-corrected chi connectivity index (χ2v) is 6.32. The Kier molecular flexibility index (Phi) is 9.81. The molecule has 25 heavy (non-hydrogen) atoms. The van der Waals surface area contributed by atoms with Crippen LogP contribution in [0, 0.1) is 0 Å². The largest absolute Gasteiger partial charge is 0.363 e. The first kappa shape index (κ1) is 21.7. The van der Waals surface area contributed by atoms with Crippen molar-refractivity contribution in [3.05, 3.63) is 36.5 Å². The topological polar surface area (TPSA) is 55.8 Å². The van der Waals surface area contributed by atoms with E-state index in [0.717, 1.165) is 49.9 Å². The molecule has 1 fully saturated rings. The average molecular weight is 458 g/mol. The zero-order valence-electron chi connectivity index (χ0n) is 15.5. The molecule has 0 aromatic carbocycles. The van der Waals surface area contributed by atoms with E-state index in [-0.39, 0.29) is 24.0 Å². The van der Waals surface area contributed by atoms with Gasteiger partial charge in [0.05, 0.1) is 12.2 Å². The van der Waals surface area contributed by atoms with Crippen LogP contribution in [0.4, 0.5) is 5.82 Å². The predicted molar refractivity (Wildman–Crippen MR) is 117 cm³/mol. The Balaban J connectivity index is 0.00000312. The van der Waals surface area contributed by atoms with Gasteiger partial charge in [-0.2, -0.15) is 0 Å². The second-order valence-electron chi connectivity index (χ2n) is 6.32. The molecule has 0 unspecified atom stereocenters. The van der Waals surface area contributed by atoms with E-state index < -0.39 is 0 Å². The zero-order valence-corrected chi connectivity index (χ0v) is 17.9. The summed E-state index contributed by atoms with van der Waals surface area (Å²) < 4.78 is 0. The lowest BCUT2D eigenvalue weighted by Gasteiger charge is -2.32. The number of nitrogens with zero attached hydrogens (tertiary/aromatic N) is 4. The number of aromatic nitrogens is 1. The van der Waals surface area contributed by atoms with E-state index in [1.165, 1.54) is 0 Å². The number of pyridine rings is 1. The van der Waals surface area contributed by atoms with Crippen LogP contribution in [0.15, 0.2) is 35.8 Å². The Bertz CT molecular complexity index is 552. The van der Waals surface area contributed by atoms with Gasteiger partial charge in [0, 0.05) is 46.8 Å². The Morgan fingerprint density at radius 1 is 1.40 bits per heavy atom. The van der Waals surface area contributed by atoms with Gasteiger partial charge in [-0.25, -0.2) is 4.98 Å². The molecule has 0 radical (unpaired) electrons. The van der Waals surface area contributed by atoms with Crippen molar-refractivity contribution in [2.45, 2.75) is 25.4 Å². The summed E-state index contributed by atoms with van der Waals surface area (Å²) in [4.78, 5) is 13.4. The molecule has 140 valence electrons. The van der Waals surface area contributed by atoms with Crippen LogP contribution in [0.25, 0.3) is 0 Å². The molecule has 2 N–H and O–H groups in total. The van der Waals surface area contributed by atoms with Crippen LogP contribution >= 0.6 is 24.0 Å². The van der Waals surface area contributed by atoms with Crippen molar-refractivity contribution in [3.63, 3.8) is 0 Å². The molecule has 1 saturated heterocycles. The number of guanidine groups is 1. The van der Waals surface area contributed by atoms with Crippen molar-refractivity contribution in [3.8, 4) is 0 Å². The van der Waals surface area contributed by atoms with Crippen LogP contribution in [0.1, 0.15) is 18.5 Å². The van der Waals surface area contributed by atoms with E-state index in [1.54, 1.807) is 0 Å². The summed E-state index contributed by atoms with van der Waals surface area (Å²) in [6.07, 6.45) is 4.23. The molecule has 0 bridgehead atoms. The van der Waals surface area contributed by atoms with Gasteiger partial charge in [0.2, 0.25) is 0 Å². The minimum atomic E-state index is 0. The lowest BCUT2D eigenvalue weighted by atomic mass is 10.1. The molecule has 1 aliphatic rings. The van der Waals surface area contributed by atoms with E-state index in [2.05, 4.69) is 32.1 Å². The van der Waals surface area contributed by atoms with E-state index in [4.69, 9.17) is 0 Å². The zero-order chi connectivity index (χ0) is 17.4. The first-order valence-corrected chi connectivity index (χ1v) is 8.56. The highest BCUT2D eigenvalue weighted by atomic mass is 127. The Morgan fingerprint density at radius 2 is 2.12 bits per heavy atom. The maximum absolute atomic E-state index is 4.62. The molecular weight excluding hydrogens is 427 g/mol. The molecule has 1 aromatic rings. The third-order valence-corrected chi connectivity index (χ3v) is 4.23. The molecule has 1 aliphatic heterocycles. The van der Waals surface area contributed by atoms with E-state index in [0.29, 0.717) is 12.6 Å². The molecule has 0 amide bonds. The number of piperidine rings is 1. The number of nitrogens with one attached hydrogen (secondary N) is 2. The molecule has 2 heterocycles. The van der Waals surface area contributed by atoms with Crippen LogP contribution in [-0.2, 0) is 6.54 Å². The van der Waals surface area contributed by atoms with Crippen molar-refractivity contribution in [2.24, 2.45) is 4.99 Å². The van der Waals surface area contributed by atoms with Gasteiger partial charge in [0.25, 0.3) is 0 Å². The highest BCUT2D eigenvalue weighted by Gasteiger charge is 2.19. The van der Waals surface area contributed by atoms with Crippen LogP contribution in [0.3, 0.4) is 0 Å². The summed E-state index contributed by atoms with van der Waals surface area (Å²) in [5.41, 5.74) is 1.00. The van der Waals surface area contributed by atoms with Gasteiger partial charge in [0.1, 0.15) is 5.82 Å². The van der Waals surface area contributed by atoms with Crippen molar-refractivity contribution >= 4 is 35.8 Å². The van der Waals surface area contributed by atoms with Crippen molar-refractivity contribution < 1.29 is 0 Å². The molecule has 0 spiro atoms. The standard InChI is InChI=1S/C18H30N6.HI/c1-5-11-24-12-9-15(10-13-24)22-18(19-2)20-14-16-7-6-8-17(21-16)23(3)4;/h5-8,15H,1,9-14H2,2-4H3,(H2,19,20,22);1H. The first-order chi connectivity index (χ1) is 11.6. The number of hydrogen-bond acceptors (Lipinski definition) is 4. The lowest BCUT2D eigenvalue weighted by molar-refractivity contribution is 0.225. The second kappa shape index (κ2) is 11.3. The average Bonchev–Trinajstić information content (AvgIpc) is 2.60. The SMILES string of the molecule is C=CCN1CCC(NC(=NC)NCc2cccc(N(C)C)n2)CC1.I. The quantitative estimate of drug-likeness (QED) is 0.296. The van der Waals surface area contributed by atoms with Crippen molar-refractivity contribution in [1.82, 2.24) is 20.5 Å². The van der Waals surface area contributed by atoms with E-state index in [9.17, 15) is 0 Å². The van der Waals surface area contributed by atoms with Crippen molar-refractivity contribution in [1.29, 1.82) is 0 Å². The molecule has 2 rings (SSSR count). The number of hydrogen-bond donors (Lipinski definition) is 2. The number of anilines is 1. The number of rotatable bonds is 6. The Labute approximate surface area is 168 Å². The normalized spacial score (nSPS) is 16.0. The molecule has 0 atom stereocenters. The molecular formula is C18H31IN6. The lowest BCUT2D eigenvalue weighted by Crippen LogP contribution is -2.48. The molecule has 7 heteroatoms. The van der Waals surface area contributed by atoms with Gasteiger partial charge in [-0.15, -0.1) is 30.6 Å². The molecule has 1 aromatic heterocycles. The molecule has 6 nitrogen and oxygen atoms in total. The van der Waals surface area contributed by atoms with Gasteiger partial charge in [-0.3, -0.25) is 9.89 Å². The highest BCUT2D eigenvalue weighted by Crippen LogP contribution is 2.10. The van der Waals surface area contributed by atoms with E-state index in [1.807, 2.05) is 50.3 Å². The summed E-state index contributed by atoms with van der Waals surface area (Å²) in [6, 6.07) is 6.54. The Morgan fingerprint density at radius 3 is 2.72 bits per heavy atom. The van der Waals surface area contributed by atoms with Crippen LogP contribution < -0.4 is 15.5 Å². The monoisotopic (exact) mass is 458 g/mol. The van der Waals surface area contributed by atoms with Crippen LogP contribution in [-0.4, -0.2) is 62.7 Å². The predicted octanol–water partition coefficient (Wildman–Crippen LogP) is 2.08. The van der Waals surface area contributed by atoms with E-state index >= 15 is 0 Å². The highest BCUT2D eigenvalue weighted by molar-refractivity contribution is 14.0. The van der Waals surface area contributed by atoms with Gasteiger partial charge in [0.15, 0.2) is 5.96 Å². The summed E-state index contributed by atoms with van der Waals surface area (Å²) >= 11 is 0. The minimum absolute atomic E-state index is 0. The maximum Gasteiger partial charge on any atom is 0.191 e.